The molecule has 192 valence electrons. The van der Waals surface area contributed by atoms with Gasteiger partial charge >= 0.3 is 5.97 Å². The van der Waals surface area contributed by atoms with E-state index in [-0.39, 0.29) is 23.2 Å². The highest BCUT2D eigenvalue weighted by Crippen LogP contribution is 2.36. The summed E-state index contributed by atoms with van der Waals surface area (Å²) in [7, 11) is -1.42. The molecule has 1 unspecified atom stereocenters. The predicted octanol–water partition coefficient (Wildman–Crippen LogP) is 4.01. The van der Waals surface area contributed by atoms with E-state index in [1.165, 1.54) is 23.9 Å². The number of thioether (sulfide) groups is 1. The van der Waals surface area contributed by atoms with E-state index >= 15 is 0 Å². The van der Waals surface area contributed by atoms with Crippen LogP contribution in [0.1, 0.15) is 17.9 Å². The molecule has 1 aliphatic heterocycles. The Morgan fingerprint density at radius 3 is 2.68 bits per heavy atom. The fourth-order valence-electron chi connectivity index (χ4n) is 3.91. The van der Waals surface area contributed by atoms with Crippen LogP contribution in [0.5, 0.6) is 17.2 Å². The number of aromatic amines is 1. The van der Waals surface area contributed by atoms with Crippen LogP contribution in [-0.2, 0) is 28.3 Å². The van der Waals surface area contributed by atoms with Crippen LogP contribution in [-0.4, -0.2) is 57.1 Å². The second kappa shape index (κ2) is 9.94. The first kappa shape index (κ1) is 24.9. The van der Waals surface area contributed by atoms with E-state index in [1.807, 2.05) is 29.9 Å². The molecule has 0 radical (unpaired) electrons. The molecule has 5 rings (SSSR count). The third-order valence-corrected chi connectivity index (χ3v) is 8.13. The smallest absolute Gasteiger partial charge is 0.304 e. The van der Waals surface area contributed by atoms with E-state index in [2.05, 4.69) is 15.0 Å². The lowest BCUT2D eigenvalue weighted by Gasteiger charge is -2.11. The van der Waals surface area contributed by atoms with Crippen molar-refractivity contribution in [2.45, 2.75) is 23.2 Å². The number of ether oxygens (including phenoxy) is 2. The van der Waals surface area contributed by atoms with Gasteiger partial charge in [-0.3, -0.25) is 9.79 Å². The Kier molecular flexibility index (Phi) is 6.69. The molecule has 4 aromatic rings. The number of nitrogens with zero attached hydrogens (tertiary/aromatic N) is 3. The van der Waals surface area contributed by atoms with E-state index in [9.17, 15) is 13.2 Å². The number of hydrogen-bond donors (Lipinski definition) is 2. The summed E-state index contributed by atoms with van der Waals surface area (Å²) >= 11 is 1.44. The van der Waals surface area contributed by atoms with E-state index < -0.39 is 15.8 Å². The Morgan fingerprint density at radius 2 is 2.00 bits per heavy atom. The molecule has 0 spiro atoms. The molecule has 2 aromatic heterocycles. The van der Waals surface area contributed by atoms with Crippen molar-refractivity contribution in [2.24, 2.45) is 12.0 Å². The van der Waals surface area contributed by atoms with Crippen molar-refractivity contribution in [3.8, 4) is 17.2 Å². The number of nitrogens with one attached hydrogen (secondary N) is 1. The van der Waals surface area contributed by atoms with Gasteiger partial charge in [-0.25, -0.2) is 13.4 Å². The molecule has 0 aliphatic carbocycles. The van der Waals surface area contributed by atoms with Crippen LogP contribution >= 0.6 is 11.8 Å². The molecule has 2 aromatic carbocycles. The lowest BCUT2D eigenvalue weighted by molar-refractivity contribution is -0.136. The van der Waals surface area contributed by atoms with Crippen LogP contribution < -0.4 is 9.47 Å². The van der Waals surface area contributed by atoms with Gasteiger partial charge in [-0.1, -0.05) is 11.8 Å². The summed E-state index contributed by atoms with van der Waals surface area (Å²) < 4.78 is 37.6. The average Bonchev–Trinajstić information content (AvgIpc) is 3.57. The zero-order valence-electron chi connectivity index (χ0n) is 20.0. The zero-order valence-corrected chi connectivity index (χ0v) is 21.7. The monoisotopic (exact) mass is 540 g/mol. The maximum Gasteiger partial charge on any atom is 0.304 e. The summed E-state index contributed by atoms with van der Waals surface area (Å²) in [4.78, 5) is 23.5. The Labute approximate surface area is 217 Å². The van der Waals surface area contributed by atoms with Crippen LogP contribution in [0.4, 0.5) is 0 Å². The summed E-state index contributed by atoms with van der Waals surface area (Å²) in [5.41, 5.74) is 1.51. The molecule has 3 heterocycles. The van der Waals surface area contributed by atoms with Crippen molar-refractivity contribution in [3.05, 3.63) is 66.4 Å². The number of fused-ring (bicyclic) bond motifs is 1. The molecule has 12 heteroatoms. The quantitative estimate of drug-likeness (QED) is 0.325. The van der Waals surface area contributed by atoms with Crippen LogP contribution in [0.2, 0.25) is 0 Å². The van der Waals surface area contributed by atoms with Crippen LogP contribution in [0.25, 0.3) is 10.9 Å². The number of carboxylic acid groups (broad SMARTS) is 1. The van der Waals surface area contributed by atoms with Crippen molar-refractivity contribution in [3.63, 3.8) is 0 Å². The molecule has 0 fully saturated rings. The van der Waals surface area contributed by atoms with Gasteiger partial charge in [0.15, 0.2) is 9.84 Å². The third-order valence-electron chi connectivity index (χ3n) is 5.78. The minimum Gasteiger partial charge on any atom is -0.483 e. The summed E-state index contributed by atoms with van der Waals surface area (Å²) in [6.07, 6.45) is 4.74. The second-order valence-electron chi connectivity index (χ2n) is 8.64. The summed E-state index contributed by atoms with van der Waals surface area (Å²) in [6, 6.07) is 11.7. The van der Waals surface area contributed by atoms with Gasteiger partial charge < -0.3 is 24.1 Å². The fraction of sp³-hybridized carbons (Fsp3) is 0.240. The maximum absolute atomic E-state index is 11.8. The fourth-order valence-corrected chi connectivity index (χ4v) is 5.62. The number of aliphatic carboxylic acids is 1. The minimum absolute atomic E-state index is 0.0476. The third kappa shape index (κ3) is 5.65. The lowest BCUT2D eigenvalue weighted by Crippen LogP contribution is -2.10. The van der Waals surface area contributed by atoms with Gasteiger partial charge in [-0.05, 0) is 36.4 Å². The summed E-state index contributed by atoms with van der Waals surface area (Å²) in [5, 5.41) is 10.6. The maximum atomic E-state index is 11.8. The predicted molar refractivity (Wildman–Crippen MR) is 141 cm³/mol. The molecule has 1 aliphatic rings. The van der Waals surface area contributed by atoms with Crippen molar-refractivity contribution >= 4 is 43.5 Å². The number of aryl methyl sites for hydroxylation is 1. The van der Waals surface area contributed by atoms with Crippen molar-refractivity contribution in [2.75, 3.05) is 12.8 Å². The highest BCUT2D eigenvalue weighted by molar-refractivity contribution is 8.15. The van der Waals surface area contributed by atoms with Crippen molar-refractivity contribution in [1.82, 2.24) is 14.5 Å². The van der Waals surface area contributed by atoms with Gasteiger partial charge in [0.1, 0.15) is 34.7 Å². The van der Waals surface area contributed by atoms with E-state index in [0.29, 0.717) is 23.8 Å². The molecule has 0 saturated heterocycles. The van der Waals surface area contributed by atoms with Crippen LogP contribution in [0.3, 0.4) is 0 Å². The highest BCUT2D eigenvalue weighted by Gasteiger charge is 2.25. The number of aromatic nitrogens is 3. The number of benzene rings is 2. The molecule has 0 amide bonds. The minimum atomic E-state index is -3.31. The first-order valence-corrected chi connectivity index (χ1v) is 14.1. The van der Waals surface area contributed by atoms with Crippen molar-refractivity contribution in [1.29, 1.82) is 0 Å². The molecule has 2 N–H and O–H groups in total. The number of carbonyl (C=O) groups is 1. The summed E-state index contributed by atoms with van der Waals surface area (Å²) in [5.74, 6) is 1.42. The molecular formula is C25H24N4O6S2. The van der Waals surface area contributed by atoms with E-state index in [4.69, 9.17) is 14.6 Å². The lowest BCUT2D eigenvalue weighted by atomic mass is 10.2. The van der Waals surface area contributed by atoms with Gasteiger partial charge in [0, 0.05) is 42.4 Å². The number of hydrogen-bond acceptors (Lipinski definition) is 8. The van der Waals surface area contributed by atoms with Crippen LogP contribution in [0, 0.1) is 0 Å². The summed E-state index contributed by atoms with van der Waals surface area (Å²) in [6.45, 7) is 0.678. The Morgan fingerprint density at radius 1 is 1.22 bits per heavy atom. The molecule has 0 bridgehead atoms. The molecular weight excluding hydrogens is 516 g/mol. The first-order chi connectivity index (χ1) is 17.7. The van der Waals surface area contributed by atoms with Gasteiger partial charge in [0.2, 0.25) is 0 Å². The first-order valence-electron chi connectivity index (χ1n) is 11.3. The number of H-pyrrole nitrogens is 1. The van der Waals surface area contributed by atoms with E-state index in [0.717, 1.165) is 33.7 Å². The number of aliphatic imine (C=N–C) groups is 1. The standard InChI is InChI=1S/C25H24N4O6S2/c1-29-8-7-26-22(29)14-34-21-11-17(35-16-3-5-19(6-4-16)37(2,32)33)9-15-10-20(28-24(15)21)25-27-13-18(36-25)12-23(30)31/h3-11,18,28H,12-14H2,1-2H3,(H,30,31). The normalized spacial score (nSPS) is 15.6. The zero-order chi connectivity index (χ0) is 26.2. The van der Waals surface area contributed by atoms with Gasteiger partial charge in [0.05, 0.1) is 29.1 Å². The largest absolute Gasteiger partial charge is 0.483 e. The van der Waals surface area contributed by atoms with Crippen LogP contribution in [0.15, 0.2) is 64.7 Å². The van der Waals surface area contributed by atoms with Gasteiger partial charge in [-0.15, -0.1) is 0 Å². The van der Waals surface area contributed by atoms with Crippen molar-refractivity contribution < 1.29 is 27.8 Å². The topological polar surface area (TPSA) is 136 Å². The highest BCUT2D eigenvalue weighted by atomic mass is 32.2. The number of rotatable bonds is 9. The van der Waals surface area contributed by atoms with Gasteiger partial charge in [-0.2, -0.15) is 0 Å². The van der Waals surface area contributed by atoms with E-state index in [1.54, 1.807) is 24.4 Å². The SMILES string of the molecule is Cn1ccnc1COc1cc(Oc2ccc(S(C)(=O)=O)cc2)cc2cc(C3=NCC(CC(=O)O)S3)[nH]c12. The Balaban J connectivity index is 1.46. The molecule has 0 saturated carbocycles. The molecule has 1 atom stereocenters. The number of carboxylic acids is 1. The second-order valence-corrected chi connectivity index (χ2v) is 11.9. The van der Waals surface area contributed by atoms with Gasteiger partial charge in [0.25, 0.3) is 0 Å². The number of sulfone groups is 1. The molecule has 10 nitrogen and oxygen atoms in total. The molecule has 37 heavy (non-hydrogen) atoms. The Hall–Kier alpha value is -3.77. The number of imidazole rings is 1. The average molecular weight is 541 g/mol. The Bertz CT molecular complexity index is 1610.